The van der Waals surface area contributed by atoms with Crippen molar-refractivity contribution in [2.24, 2.45) is 0 Å². The molecule has 0 aromatic heterocycles. The summed E-state index contributed by atoms with van der Waals surface area (Å²) in [5, 5.41) is 18.3. The van der Waals surface area contributed by atoms with Crippen LogP contribution in [0.25, 0.3) is 0 Å². The summed E-state index contributed by atoms with van der Waals surface area (Å²) in [5.41, 5.74) is 0. The molecule has 0 aromatic rings. The molecule has 25 heavy (non-hydrogen) atoms. The van der Waals surface area contributed by atoms with Gasteiger partial charge in [0.2, 0.25) is 0 Å². The van der Waals surface area contributed by atoms with Gasteiger partial charge in [0.1, 0.15) is 0 Å². The van der Waals surface area contributed by atoms with Crippen LogP contribution in [0.1, 0.15) is 110 Å². The van der Waals surface area contributed by atoms with Gasteiger partial charge < -0.3 is 10.2 Å². The van der Waals surface area contributed by atoms with Crippen LogP contribution >= 0.6 is 0 Å². The maximum absolute atomic E-state index is 9.16. The van der Waals surface area contributed by atoms with Crippen LogP contribution in [-0.4, -0.2) is 47.0 Å². The number of hydrogen-bond acceptors (Lipinski definition) is 3. The van der Waals surface area contributed by atoms with E-state index in [2.05, 4.69) is 11.8 Å². The predicted molar refractivity (Wildman–Crippen MR) is 108 cm³/mol. The molecule has 0 spiro atoms. The molecule has 1 aliphatic heterocycles. The molecule has 1 rings (SSSR count). The number of aliphatic hydroxyl groups excluding tert-OH is 2. The normalized spacial score (nSPS) is 22.4. The lowest BCUT2D eigenvalue weighted by atomic mass is 10.0. The highest BCUT2D eigenvalue weighted by Gasteiger charge is 2.45. The Morgan fingerprint density at radius 3 is 1.16 bits per heavy atom. The zero-order valence-corrected chi connectivity index (χ0v) is 16.9. The monoisotopic (exact) mass is 355 g/mol. The van der Waals surface area contributed by atoms with Gasteiger partial charge in [-0.1, -0.05) is 103 Å². The van der Waals surface area contributed by atoms with Gasteiger partial charge in [-0.15, -0.1) is 0 Å². The van der Waals surface area contributed by atoms with Gasteiger partial charge in [0.25, 0.3) is 0 Å². The van der Waals surface area contributed by atoms with E-state index in [9.17, 15) is 0 Å². The molecule has 3 atom stereocenters. The first-order valence-corrected chi connectivity index (χ1v) is 11.3. The summed E-state index contributed by atoms with van der Waals surface area (Å²) < 4.78 is 0. The standard InChI is InChI=1S/C22H45NO2/c1-2-3-4-5-6-7-8-9-10-11-12-13-14-15-16-17-18-23-21(19-24)22(23)20-25/h21-22,24-25H,2-20H2,1H3/t21-,22+,23?. The van der Waals surface area contributed by atoms with Crippen LogP contribution in [0, 0.1) is 0 Å². The van der Waals surface area contributed by atoms with Crippen LogP contribution in [0.4, 0.5) is 0 Å². The average molecular weight is 356 g/mol. The van der Waals surface area contributed by atoms with Crippen LogP contribution in [-0.2, 0) is 0 Å². The van der Waals surface area contributed by atoms with Crippen LogP contribution in [0.2, 0.25) is 0 Å². The fourth-order valence-electron chi connectivity index (χ4n) is 4.02. The summed E-state index contributed by atoms with van der Waals surface area (Å²) in [7, 11) is 0. The lowest BCUT2D eigenvalue weighted by Crippen LogP contribution is -2.07. The Balaban J connectivity index is 1.70. The first kappa shape index (κ1) is 22.9. The Morgan fingerprint density at radius 1 is 0.520 bits per heavy atom. The third-order valence-corrected chi connectivity index (χ3v) is 5.85. The molecule has 1 heterocycles. The van der Waals surface area contributed by atoms with Crippen molar-refractivity contribution in [3.05, 3.63) is 0 Å². The molecule has 3 heteroatoms. The van der Waals surface area contributed by atoms with E-state index < -0.39 is 0 Å². The maximum Gasteiger partial charge on any atom is 0.0603 e. The van der Waals surface area contributed by atoms with E-state index >= 15 is 0 Å². The molecule has 0 aliphatic carbocycles. The molecule has 1 unspecified atom stereocenters. The molecule has 0 radical (unpaired) electrons. The fraction of sp³-hybridized carbons (Fsp3) is 1.00. The third kappa shape index (κ3) is 11.2. The summed E-state index contributed by atoms with van der Waals surface area (Å²) in [4.78, 5) is 2.24. The van der Waals surface area contributed by atoms with E-state index in [1.54, 1.807) is 0 Å². The summed E-state index contributed by atoms with van der Waals surface area (Å²) in [6.45, 7) is 3.73. The third-order valence-electron chi connectivity index (χ3n) is 5.85. The Kier molecular flexibility index (Phi) is 14.7. The van der Waals surface area contributed by atoms with Crippen LogP contribution in [0.3, 0.4) is 0 Å². The Bertz CT molecular complexity index is 275. The minimum atomic E-state index is 0.198. The van der Waals surface area contributed by atoms with Gasteiger partial charge in [-0.05, 0) is 13.0 Å². The second-order valence-corrected chi connectivity index (χ2v) is 8.04. The Hall–Kier alpha value is -0.120. The smallest absolute Gasteiger partial charge is 0.0603 e. The topological polar surface area (TPSA) is 43.5 Å². The van der Waals surface area contributed by atoms with Gasteiger partial charge in [0.05, 0.1) is 25.3 Å². The second kappa shape index (κ2) is 16.1. The van der Waals surface area contributed by atoms with Gasteiger partial charge in [-0.25, -0.2) is 0 Å². The molecule has 1 saturated heterocycles. The summed E-state index contributed by atoms with van der Waals surface area (Å²) >= 11 is 0. The van der Waals surface area contributed by atoms with Crippen molar-refractivity contribution in [2.45, 2.75) is 122 Å². The van der Waals surface area contributed by atoms with Crippen molar-refractivity contribution in [3.63, 3.8) is 0 Å². The molecule has 2 N–H and O–H groups in total. The van der Waals surface area contributed by atoms with E-state index in [0.717, 1.165) is 6.54 Å². The van der Waals surface area contributed by atoms with Gasteiger partial charge in [-0.3, -0.25) is 4.90 Å². The molecule has 3 nitrogen and oxygen atoms in total. The van der Waals surface area contributed by atoms with E-state index in [-0.39, 0.29) is 25.3 Å². The molecule has 0 amide bonds. The van der Waals surface area contributed by atoms with Crippen LogP contribution in [0.5, 0.6) is 0 Å². The Morgan fingerprint density at radius 2 is 0.840 bits per heavy atom. The lowest BCUT2D eigenvalue weighted by molar-refractivity contribution is 0.269. The number of unbranched alkanes of at least 4 members (excludes halogenated alkanes) is 15. The summed E-state index contributed by atoms with van der Waals surface area (Å²) in [6.07, 6.45) is 22.4. The molecule has 150 valence electrons. The molecule has 1 aliphatic rings. The van der Waals surface area contributed by atoms with Crippen molar-refractivity contribution in [1.29, 1.82) is 0 Å². The second-order valence-electron chi connectivity index (χ2n) is 8.04. The van der Waals surface area contributed by atoms with E-state index in [0.29, 0.717) is 0 Å². The maximum atomic E-state index is 9.16. The van der Waals surface area contributed by atoms with Crippen molar-refractivity contribution >= 4 is 0 Å². The SMILES string of the molecule is CCCCCCCCCCCCCCCCCCN1[C@H](CO)[C@@H]1CO. The van der Waals surface area contributed by atoms with Crippen molar-refractivity contribution in [1.82, 2.24) is 4.90 Å². The largest absolute Gasteiger partial charge is 0.395 e. The number of hydrogen-bond donors (Lipinski definition) is 2. The van der Waals surface area contributed by atoms with E-state index in [1.807, 2.05) is 0 Å². The van der Waals surface area contributed by atoms with Gasteiger partial charge in [-0.2, -0.15) is 0 Å². The van der Waals surface area contributed by atoms with Crippen LogP contribution < -0.4 is 0 Å². The minimum absolute atomic E-state index is 0.198. The molecule has 0 bridgehead atoms. The summed E-state index contributed by atoms with van der Waals surface area (Å²) in [6, 6.07) is 0.475. The van der Waals surface area contributed by atoms with Crippen LogP contribution in [0.15, 0.2) is 0 Å². The average Bonchev–Trinajstić information content (AvgIpc) is 3.33. The highest BCUT2D eigenvalue weighted by Crippen LogP contribution is 2.27. The molecule has 0 saturated carbocycles. The Labute approximate surface area is 157 Å². The predicted octanol–water partition coefficient (Wildman–Crippen LogP) is 5.29. The first-order valence-electron chi connectivity index (χ1n) is 11.3. The van der Waals surface area contributed by atoms with Gasteiger partial charge in [0, 0.05) is 0 Å². The molecular formula is C22H45NO2. The highest BCUT2D eigenvalue weighted by molar-refractivity contribution is 5.00. The number of nitrogens with zero attached hydrogens (tertiary/aromatic N) is 1. The quantitative estimate of drug-likeness (QED) is 0.244. The minimum Gasteiger partial charge on any atom is -0.395 e. The first-order chi connectivity index (χ1) is 12.3. The number of rotatable bonds is 19. The molecule has 0 aromatic carbocycles. The van der Waals surface area contributed by atoms with E-state index in [4.69, 9.17) is 10.2 Å². The zero-order chi connectivity index (χ0) is 18.2. The van der Waals surface area contributed by atoms with Crippen molar-refractivity contribution in [2.75, 3.05) is 19.8 Å². The highest BCUT2D eigenvalue weighted by atomic mass is 16.3. The van der Waals surface area contributed by atoms with Gasteiger partial charge >= 0.3 is 0 Å². The molecule has 1 fully saturated rings. The summed E-state index contributed by atoms with van der Waals surface area (Å²) in [5.74, 6) is 0. The van der Waals surface area contributed by atoms with Crippen molar-refractivity contribution in [3.8, 4) is 0 Å². The number of aliphatic hydroxyl groups is 2. The van der Waals surface area contributed by atoms with Gasteiger partial charge in [0.15, 0.2) is 0 Å². The fourth-order valence-corrected chi connectivity index (χ4v) is 4.02. The zero-order valence-electron chi connectivity index (χ0n) is 16.9. The lowest BCUT2D eigenvalue weighted by Gasteiger charge is -2.05. The molecular weight excluding hydrogens is 310 g/mol. The van der Waals surface area contributed by atoms with Crippen molar-refractivity contribution < 1.29 is 10.2 Å². The van der Waals surface area contributed by atoms with E-state index in [1.165, 1.54) is 103 Å².